The van der Waals surface area contributed by atoms with Gasteiger partial charge in [0.25, 0.3) is 0 Å². The van der Waals surface area contributed by atoms with Crippen molar-refractivity contribution in [3.05, 3.63) is 72.9 Å². The molecule has 0 bridgehead atoms. The SMILES string of the molecule is CCCCC/C=C\C/C=C\CCCCCCCCCCCC(=O)OC(COC(=O)CCCCCCC/C=C\CCCCCCC)COC(=O)CCCCCCCCCC/C=C\C/C=C\C/C=C\CCCCCCC. The zero-order chi connectivity index (χ0) is 53.6. The smallest absolute Gasteiger partial charge is 0.306 e. The number of esters is 3. The number of hydrogen-bond acceptors (Lipinski definition) is 6. The van der Waals surface area contributed by atoms with Crippen molar-refractivity contribution in [3.63, 3.8) is 0 Å². The molecule has 0 rings (SSSR count). The Morgan fingerprint density at radius 1 is 0.270 bits per heavy atom. The van der Waals surface area contributed by atoms with Gasteiger partial charge in [0, 0.05) is 19.3 Å². The summed E-state index contributed by atoms with van der Waals surface area (Å²) in [5.74, 6) is -0.888. The molecule has 0 saturated heterocycles. The molecule has 0 saturated carbocycles. The minimum Gasteiger partial charge on any atom is -0.462 e. The molecule has 0 aromatic carbocycles. The molecule has 0 amide bonds. The lowest BCUT2D eigenvalue weighted by atomic mass is 10.1. The molecule has 0 radical (unpaired) electrons. The van der Waals surface area contributed by atoms with E-state index in [2.05, 4.69) is 93.7 Å². The number of unbranched alkanes of at least 4 members (excludes halogenated alkanes) is 35. The largest absolute Gasteiger partial charge is 0.462 e. The Kier molecular flexibility index (Phi) is 59.7. The summed E-state index contributed by atoms with van der Waals surface area (Å²) in [5, 5.41) is 0. The van der Waals surface area contributed by atoms with E-state index >= 15 is 0 Å². The van der Waals surface area contributed by atoms with Gasteiger partial charge in [0.1, 0.15) is 13.2 Å². The van der Waals surface area contributed by atoms with Crippen molar-refractivity contribution in [2.45, 2.75) is 329 Å². The van der Waals surface area contributed by atoms with E-state index in [4.69, 9.17) is 14.2 Å². The van der Waals surface area contributed by atoms with Crippen molar-refractivity contribution in [2.24, 2.45) is 0 Å². The summed E-state index contributed by atoms with van der Waals surface area (Å²) in [4.78, 5) is 38.3. The molecule has 0 aromatic heterocycles. The Morgan fingerprint density at radius 3 is 0.797 bits per heavy atom. The van der Waals surface area contributed by atoms with Crippen LogP contribution in [0.2, 0.25) is 0 Å². The van der Waals surface area contributed by atoms with Gasteiger partial charge >= 0.3 is 17.9 Å². The Labute approximate surface area is 459 Å². The topological polar surface area (TPSA) is 78.9 Å². The first kappa shape index (κ1) is 70.8. The summed E-state index contributed by atoms with van der Waals surface area (Å²) >= 11 is 0. The van der Waals surface area contributed by atoms with Crippen LogP contribution in [0.1, 0.15) is 323 Å². The lowest BCUT2D eigenvalue weighted by molar-refractivity contribution is -0.167. The van der Waals surface area contributed by atoms with Crippen LogP contribution in [0.3, 0.4) is 0 Å². The van der Waals surface area contributed by atoms with Gasteiger partial charge in [-0.3, -0.25) is 14.4 Å². The Balaban J connectivity index is 4.36. The van der Waals surface area contributed by atoms with Gasteiger partial charge in [0.15, 0.2) is 6.10 Å². The number of allylic oxidation sites excluding steroid dienone is 12. The summed E-state index contributed by atoms with van der Waals surface area (Å²) in [7, 11) is 0. The third kappa shape index (κ3) is 59.7. The molecule has 0 aromatic rings. The molecule has 6 nitrogen and oxygen atoms in total. The number of rotatable bonds is 58. The molecule has 0 aliphatic heterocycles. The van der Waals surface area contributed by atoms with E-state index in [0.717, 1.165) is 89.9 Å². The molecule has 0 fully saturated rings. The van der Waals surface area contributed by atoms with Crippen LogP contribution in [0.5, 0.6) is 0 Å². The molecule has 74 heavy (non-hydrogen) atoms. The fourth-order valence-electron chi connectivity index (χ4n) is 9.06. The highest BCUT2D eigenvalue weighted by molar-refractivity contribution is 5.71. The van der Waals surface area contributed by atoms with Crippen LogP contribution >= 0.6 is 0 Å². The van der Waals surface area contributed by atoms with Gasteiger partial charge in [-0.25, -0.2) is 0 Å². The molecule has 428 valence electrons. The second-order valence-corrected chi connectivity index (χ2v) is 21.3. The van der Waals surface area contributed by atoms with Crippen molar-refractivity contribution in [3.8, 4) is 0 Å². The fraction of sp³-hybridized carbons (Fsp3) is 0.779. The molecule has 0 spiro atoms. The van der Waals surface area contributed by atoms with Crippen LogP contribution in [-0.2, 0) is 28.6 Å². The molecule has 0 heterocycles. The van der Waals surface area contributed by atoms with Gasteiger partial charge in [0.2, 0.25) is 0 Å². The summed E-state index contributed by atoms with van der Waals surface area (Å²) in [6, 6.07) is 0. The molecular weight excluding hydrogens is 913 g/mol. The van der Waals surface area contributed by atoms with Crippen molar-refractivity contribution >= 4 is 17.9 Å². The first-order valence-electron chi connectivity index (χ1n) is 31.9. The zero-order valence-electron chi connectivity index (χ0n) is 49.1. The highest BCUT2D eigenvalue weighted by Gasteiger charge is 2.19. The molecule has 0 aliphatic rings. The lowest BCUT2D eigenvalue weighted by Gasteiger charge is -2.18. The Hall–Kier alpha value is -3.15. The molecule has 0 aliphatic carbocycles. The fourth-order valence-corrected chi connectivity index (χ4v) is 9.06. The van der Waals surface area contributed by atoms with Gasteiger partial charge < -0.3 is 14.2 Å². The van der Waals surface area contributed by atoms with Crippen LogP contribution in [0.15, 0.2) is 72.9 Å². The van der Waals surface area contributed by atoms with E-state index in [-0.39, 0.29) is 31.1 Å². The second kappa shape index (κ2) is 62.4. The lowest BCUT2D eigenvalue weighted by Crippen LogP contribution is -2.30. The molecule has 1 unspecified atom stereocenters. The monoisotopic (exact) mass is 1030 g/mol. The van der Waals surface area contributed by atoms with E-state index in [0.29, 0.717) is 19.3 Å². The van der Waals surface area contributed by atoms with Crippen LogP contribution in [0, 0.1) is 0 Å². The summed E-state index contributed by atoms with van der Waals surface area (Å²) < 4.78 is 16.9. The third-order valence-electron chi connectivity index (χ3n) is 13.9. The van der Waals surface area contributed by atoms with Crippen molar-refractivity contribution in [1.82, 2.24) is 0 Å². The minimum atomic E-state index is -0.785. The number of hydrogen-bond donors (Lipinski definition) is 0. The molecular formula is C68H120O6. The van der Waals surface area contributed by atoms with Crippen molar-refractivity contribution < 1.29 is 28.6 Å². The Bertz CT molecular complexity index is 1370. The first-order chi connectivity index (χ1) is 36.5. The van der Waals surface area contributed by atoms with Crippen LogP contribution in [0.25, 0.3) is 0 Å². The van der Waals surface area contributed by atoms with Crippen LogP contribution in [0.4, 0.5) is 0 Å². The zero-order valence-corrected chi connectivity index (χ0v) is 49.1. The molecule has 0 N–H and O–H groups in total. The predicted molar refractivity (Wildman–Crippen MR) is 321 cm³/mol. The quantitative estimate of drug-likeness (QED) is 0.0261. The maximum Gasteiger partial charge on any atom is 0.306 e. The number of carbonyl (C=O) groups excluding carboxylic acids is 3. The van der Waals surface area contributed by atoms with Gasteiger partial charge in [-0.15, -0.1) is 0 Å². The minimum absolute atomic E-state index is 0.0825. The average Bonchev–Trinajstić information content (AvgIpc) is 3.40. The average molecular weight is 1030 g/mol. The number of ether oxygens (including phenoxy) is 3. The number of carbonyl (C=O) groups is 3. The van der Waals surface area contributed by atoms with E-state index in [9.17, 15) is 14.4 Å². The van der Waals surface area contributed by atoms with Gasteiger partial charge in [0.05, 0.1) is 0 Å². The highest BCUT2D eigenvalue weighted by atomic mass is 16.6. The summed E-state index contributed by atoms with van der Waals surface area (Å²) in [6.45, 7) is 6.61. The maximum absolute atomic E-state index is 12.9. The predicted octanol–water partition coefficient (Wildman–Crippen LogP) is 21.7. The van der Waals surface area contributed by atoms with Crippen molar-refractivity contribution in [1.29, 1.82) is 0 Å². The van der Waals surface area contributed by atoms with Crippen LogP contribution < -0.4 is 0 Å². The second-order valence-electron chi connectivity index (χ2n) is 21.3. The third-order valence-corrected chi connectivity index (χ3v) is 13.9. The van der Waals surface area contributed by atoms with E-state index in [1.54, 1.807) is 0 Å². The van der Waals surface area contributed by atoms with Gasteiger partial charge in [-0.05, 0) is 116 Å². The normalized spacial score (nSPS) is 12.5. The summed E-state index contributed by atoms with van der Waals surface area (Å²) in [6.07, 6.45) is 80.4. The van der Waals surface area contributed by atoms with Crippen molar-refractivity contribution in [2.75, 3.05) is 13.2 Å². The Morgan fingerprint density at radius 2 is 0.486 bits per heavy atom. The molecule has 6 heteroatoms. The maximum atomic E-state index is 12.9. The van der Waals surface area contributed by atoms with E-state index in [1.165, 1.54) is 193 Å². The molecule has 1 atom stereocenters. The van der Waals surface area contributed by atoms with E-state index < -0.39 is 6.10 Å². The van der Waals surface area contributed by atoms with Gasteiger partial charge in [-0.2, -0.15) is 0 Å². The van der Waals surface area contributed by atoms with Crippen LogP contribution in [-0.4, -0.2) is 37.2 Å². The van der Waals surface area contributed by atoms with E-state index in [1.807, 2.05) is 0 Å². The van der Waals surface area contributed by atoms with Gasteiger partial charge in [-0.1, -0.05) is 261 Å². The summed E-state index contributed by atoms with van der Waals surface area (Å²) in [5.41, 5.74) is 0. The standard InChI is InChI=1S/C68H120O6/c1-4-7-10-13-16-19-22-25-28-30-32-33-34-35-37-38-40-43-46-49-52-55-58-61-67(70)73-64-65(63-72-66(69)60-57-54-51-48-45-42-27-24-21-18-15-12-9-6-3)74-68(71)62-59-56-53-50-47-44-41-39-36-31-29-26-23-20-17-14-11-8-5-2/h17,20,22,24-27,29-30,32,34-35,65H,4-16,18-19,21,23,28,31,33,36-64H2,1-3H3/b20-17-,25-22-,27-24-,29-26-,32-30-,35-34-. The first-order valence-corrected chi connectivity index (χ1v) is 31.9. The highest BCUT2D eigenvalue weighted by Crippen LogP contribution is 2.16.